The topological polar surface area (TPSA) is 52.6 Å². The highest BCUT2D eigenvalue weighted by Gasteiger charge is 2.20. The lowest BCUT2D eigenvalue weighted by atomic mass is 10.1. The molecule has 2 rings (SSSR count). The van der Waals surface area contributed by atoms with E-state index in [1.165, 1.54) is 0 Å². The van der Waals surface area contributed by atoms with Gasteiger partial charge in [0.15, 0.2) is 0 Å². The summed E-state index contributed by atoms with van der Waals surface area (Å²) in [6.45, 7) is 6.00. The Labute approximate surface area is 94.9 Å². The number of anilines is 2. The number of likely N-dealkylation sites (N-methyl/N-ethyl adjacent to an activating group) is 1. The second-order valence-corrected chi connectivity index (χ2v) is 4.12. The van der Waals surface area contributed by atoms with Crippen LogP contribution in [-0.4, -0.2) is 30.2 Å². The van der Waals surface area contributed by atoms with E-state index in [2.05, 4.69) is 24.1 Å². The molecule has 0 radical (unpaired) electrons. The summed E-state index contributed by atoms with van der Waals surface area (Å²) in [5.74, 6) is -0.877. The van der Waals surface area contributed by atoms with E-state index in [9.17, 15) is 4.79 Å². The van der Waals surface area contributed by atoms with Gasteiger partial charge in [-0.2, -0.15) is 0 Å². The molecule has 4 nitrogen and oxygen atoms in total. The van der Waals surface area contributed by atoms with Gasteiger partial charge in [-0.1, -0.05) is 0 Å². The summed E-state index contributed by atoms with van der Waals surface area (Å²) in [5.41, 5.74) is 2.35. The van der Waals surface area contributed by atoms with Crippen LogP contribution in [0.2, 0.25) is 0 Å². The summed E-state index contributed by atoms with van der Waals surface area (Å²) in [5, 5.41) is 12.3. The van der Waals surface area contributed by atoms with Gasteiger partial charge in [0.05, 0.1) is 16.9 Å². The third kappa shape index (κ3) is 1.83. The second kappa shape index (κ2) is 4.04. The number of carbonyl (C=O) groups is 1. The van der Waals surface area contributed by atoms with Crippen molar-refractivity contribution in [2.24, 2.45) is 0 Å². The molecule has 86 valence electrons. The number of nitrogens with zero attached hydrogens (tertiary/aromatic N) is 1. The van der Waals surface area contributed by atoms with Crippen LogP contribution in [0.5, 0.6) is 0 Å². The quantitative estimate of drug-likeness (QED) is 0.800. The molecule has 1 atom stereocenters. The Morgan fingerprint density at radius 3 is 3.00 bits per heavy atom. The molecule has 1 unspecified atom stereocenters. The lowest BCUT2D eigenvalue weighted by Gasteiger charge is -2.35. The molecule has 1 heterocycles. The number of benzene rings is 1. The lowest BCUT2D eigenvalue weighted by Crippen LogP contribution is -2.39. The number of fused-ring (bicyclic) bond motifs is 1. The third-order valence-electron chi connectivity index (χ3n) is 2.86. The van der Waals surface area contributed by atoms with E-state index < -0.39 is 5.97 Å². The molecule has 1 aromatic carbocycles. The molecular formula is C12H16N2O2. The van der Waals surface area contributed by atoms with E-state index >= 15 is 0 Å². The van der Waals surface area contributed by atoms with Crippen LogP contribution in [0.4, 0.5) is 11.4 Å². The highest BCUT2D eigenvalue weighted by atomic mass is 16.4. The maximum Gasteiger partial charge on any atom is 0.335 e. The zero-order chi connectivity index (χ0) is 11.7. The third-order valence-corrected chi connectivity index (χ3v) is 2.86. The maximum atomic E-state index is 10.9. The van der Waals surface area contributed by atoms with Crippen molar-refractivity contribution in [3.8, 4) is 0 Å². The Bertz CT molecular complexity index is 417. The Kier molecular flexibility index (Phi) is 2.73. The van der Waals surface area contributed by atoms with Gasteiger partial charge in [-0.15, -0.1) is 0 Å². The van der Waals surface area contributed by atoms with Crippen molar-refractivity contribution in [3.05, 3.63) is 23.8 Å². The maximum absolute atomic E-state index is 10.9. The molecule has 4 heteroatoms. The zero-order valence-electron chi connectivity index (χ0n) is 9.53. The molecular weight excluding hydrogens is 204 g/mol. The minimum absolute atomic E-state index is 0.341. The van der Waals surface area contributed by atoms with Gasteiger partial charge in [0, 0.05) is 19.1 Å². The average molecular weight is 220 g/mol. The highest BCUT2D eigenvalue weighted by molar-refractivity contribution is 5.91. The Morgan fingerprint density at radius 2 is 2.38 bits per heavy atom. The monoisotopic (exact) mass is 220 g/mol. The fraction of sp³-hybridized carbons (Fsp3) is 0.417. The Balaban J connectivity index is 2.43. The van der Waals surface area contributed by atoms with E-state index in [0.717, 1.165) is 24.5 Å². The van der Waals surface area contributed by atoms with Gasteiger partial charge in [0.25, 0.3) is 0 Å². The molecule has 0 saturated carbocycles. The molecule has 0 bridgehead atoms. The molecule has 0 amide bonds. The predicted molar refractivity (Wildman–Crippen MR) is 64.4 cm³/mol. The zero-order valence-corrected chi connectivity index (χ0v) is 9.53. The largest absolute Gasteiger partial charge is 0.478 e. The molecule has 1 aliphatic heterocycles. The first-order valence-corrected chi connectivity index (χ1v) is 5.50. The molecule has 0 spiro atoms. The van der Waals surface area contributed by atoms with Crippen LogP contribution >= 0.6 is 0 Å². The normalized spacial score (nSPS) is 18.9. The molecule has 16 heavy (non-hydrogen) atoms. The van der Waals surface area contributed by atoms with Gasteiger partial charge in [-0.25, -0.2) is 4.79 Å². The number of hydrogen-bond acceptors (Lipinski definition) is 3. The average Bonchev–Trinajstić information content (AvgIpc) is 2.27. The highest BCUT2D eigenvalue weighted by Crippen LogP contribution is 2.31. The minimum atomic E-state index is -0.877. The van der Waals surface area contributed by atoms with Crippen molar-refractivity contribution >= 4 is 17.3 Å². The van der Waals surface area contributed by atoms with Gasteiger partial charge >= 0.3 is 5.97 Å². The molecule has 0 saturated heterocycles. The van der Waals surface area contributed by atoms with Crippen molar-refractivity contribution in [2.45, 2.75) is 19.9 Å². The number of carboxylic acids is 1. The standard InChI is InChI=1S/C12H16N2O2/c1-3-14-7-8(2)13-10-5-4-9(12(15)16)6-11(10)14/h4-6,8,13H,3,7H2,1-2H3,(H,15,16). The number of carboxylic acid groups (broad SMARTS) is 1. The lowest BCUT2D eigenvalue weighted by molar-refractivity contribution is 0.0697. The second-order valence-electron chi connectivity index (χ2n) is 4.12. The Morgan fingerprint density at radius 1 is 1.62 bits per heavy atom. The number of hydrogen-bond donors (Lipinski definition) is 2. The fourth-order valence-corrected chi connectivity index (χ4v) is 2.09. The van der Waals surface area contributed by atoms with Gasteiger partial charge < -0.3 is 15.3 Å². The molecule has 1 aliphatic rings. The Hall–Kier alpha value is -1.71. The fourth-order valence-electron chi connectivity index (χ4n) is 2.09. The van der Waals surface area contributed by atoms with Crippen molar-refractivity contribution in [1.29, 1.82) is 0 Å². The summed E-state index contributed by atoms with van der Waals surface area (Å²) >= 11 is 0. The molecule has 0 aliphatic carbocycles. The van der Waals surface area contributed by atoms with Crippen LogP contribution in [0.15, 0.2) is 18.2 Å². The molecule has 2 N–H and O–H groups in total. The van der Waals surface area contributed by atoms with E-state index in [1.54, 1.807) is 12.1 Å². The van der Waals surface area contributed by atoms with E-state index in [0.29, 0.717) is 11.6 Å². The molecule has 0 aromatic heterocycles. The van der Waals surface area contributed by atoms with Crippen molar-refractivity contribution < 1.29 is 9.90 Å². The van der Waals surface area contributed by atoms with E-state index in [4.69, 9.17) is 5.11 Å². The number of aromatic carboxylic acids is 1. The summed E-state index contributed by atoms with van der Waals surface area (Å²) in [6.07, 6.45) is 0. The molecule has 0 fully saturated rings. The number of nitrogens with one attached hydrogen (secondary N) is 1. The SMILES string of the molecule is CCN1CC(C)Nc2ccc(C(=O)O)cc21. The van der Waals surface area contributed by atoms with Crippen molar-refractivity contribution in [1.82, 2.24) is 0 Å². The van der Waals surface area contributed by atoms with Crippen LogP contribution in [0.25, 0.3) is 0 Å². The first-order valence-electron chi connectivity index (χ1n) is 5.50. The number of rotatable bonds is 2. The van der Waals surface area contributed by atoms with Gasteiger partial charge in [-0.3, -0.25) is 0 Å². The smallest absolute Gasteiger partial charge is 0.335 e. The van der Waals surface area contributed by atoms with Gasteiger partial charge in [0.2, 0.25) is 0 Å². The van der Waals surface area contributed by atoms with Crippen LogP contribution in [0.1, 0.15) is 24.2 Å². The van der Waals surface area contributed by atoms with E-state index in [-0.39, 0.29) is 0 Å². The van der Waals surface area contributed by atoms with Gasteiger partial charge in [0.1, 0.15) is 0 Å². The summed E-state index contributed by atoms with van der Waals surface area (Å²) in [4.78, 5) is 13.1. The van der Waals surface area contributed by atoms with Crippen molar-refractivity contribution in [3.63, 3.8) is 0 Å². The summed E-state index contributed by atoms with van der Waals surface area (Å²) in [7, 11) is 0. The van der Waals surface area contributed by atoms with Crippen LogP contribution in [-0.2, 0) is 0 Å². The predicted octanol–water partition coefficient (Wildman–Crippen LogP) is 2.03. The first kappa shape index (κ1) is 10.8. The molecule has 1 aromatic rings. The van der Waals surface area contributed by atoms with Crippen LogP contribution in [0.3, 0.4) is 0 Å². The summed E-state index contributed by atoms with van der Waals surface area (Å²) in [6, 6.07) is 5.61. The first-order chi connectivity index (χ1) is 7.61. The van der Waals surface area contributed by atoms with E-state index in [1.807, 2.05) is 6.07 Å². The van der Waals surface area contributed by atoms with Crippen LogP contribution in [0, 0.1) is 0 Å². The van der Waals surface area contributed by atoms with Gasteiger partial charge in [-0.05, 0) is 32.0 Å². The van der Waals surface area contributed by atoms with Crippen molar-refractivity contribution in [2.75, 3.05) is 23.3 Å². The summed E-state index contributed by atoms with van der Waals surface area (Å²) < 4.78 is 0. The minimum Gasteiger partial charge on any atom is -0.478 e. The van der Waals surface area contributed by atoms with Crippen LogP contribution < -0.4 is 10.2 Å².